The summed E-state index contributed by atoms with van der Waals surface area (Å²) in [4.78, 5) is 10.1. The van der Waals surface area contributed by atoms with Crippen molar-refractivity contribution in [1.82, 2.24) is 4.72 Å². The summed E-state index contributed by atoms with van der Waals surface area (Å²) >= 11 is 0. The van der Waals surface area contributed by atoms with Gasteiger partial charge in [0.1, 0.15) is 6.04 Å². The fourth-order valence-electron chi connectivity index (χ4n) is 0.372. The summed E-state index contributed by atoms with van der Waals surface area (Å²) in [5.74, 6) is -1.19. The Balaban J connectivity index is 4.06. The number of carboxylic acid groups (broad SMARTS) is 1. The van der Waals surface area contributed by atoms with E-state index in [0.29, 0.717) is 0 Å². The zero-order chi connectivity index (χ0) is 8.36. The highest BCUT2D eigenvalue weighted by Crippen LogP contribution is 1.83. The van der Waals surface area contributed by atoms with Gasteiger partial charge >= 0.3 is 5.97 Å². The molecule has 60 valence electrons. The van der Waals surface area contributed by atoms with E-state index in [1.165, 1.54) is 6.92 Å². The highest BCUT2D eigenvalue weighted by molar-refractivity contribution is 7.88. The van der Waals surface area contributed by atoms with Gasteiger partial charge in [-0.3, -0.25) is 4.79 Å². The van der Waals surface area contributed by atoms with E-state index in [0.717, 1.165) is 6.26 Å². The first kappa shape index (κ1) is 9.38. The minimum atomic E-state index is -3.40. The van der Waals surface area contributed by atoms with Gasteiger partial charge in [0, 0.05) is 0 Å². The lowest BCUT2D eigenvalue weighted by molar-refractivity contribution is -0.138. The molecule has 5 nitrogen and oxygen atoms in total. The quantitative estimate of drug-likeness (QED) is 0.565. The highest BCUT2D eigenvalue weighted by atomic mass is 32.2. The van der Waals surface area contributed by atoms with Crippen LogP contribution in [0.4, 0.5) is 0 Å². The van der Waals surface area contributed by atoms with E-state index in [1.54, 1.807) is 0 Å². The Morgan fingerprint density at radius 2 is 2.00 bits per heavy atom. The Morgan fingerprint density at radius 1 is 1.60 bits per heavy atom. The summed E-state index contributed by atoms with van der Waals surface area (Å²) in [6.07, 6.45) is 0.909. The zero-order valence-corrected chi connectivity index (χ0v) is 6.47. The normalized spacial score (nSPS) is 14.6. The van der Waals surface area contributed by atoms with E-state index in [1.807, 2.05) is 4.72 Å². The second-order valence-corrected chi connectivity index (χ2v) is 3.73. The van der Waals surface area contributed by atoms with E-state index in [9.17, 15) is 13.2 Å². The third-order valence-electron chi connectivity index (χ3n) is 0.761. The van der Waals surface area contributed by atoms with E-state index >= 15 is 0 Å². The van der Waals surface area contributed by atoms with E-state index in [-0.39, 0.29) is 0 Å². The number of sulfonamides is 1. The highest BCUT2D eigenvalue weighted by Gasteiger charge is 2.14. The molecule has 0 aromatic rings. The lowest BCUT2D eigenvalue weighted by Crippen LogP contribution is -2.37. The average molecular weight is 167 g/mol. The van der Waals surface area contributed by atoms with Crippen LogP contribution in [0.5, 0.6) is 0 Å². The smallest absolute Gasteiger partial charge is 0.321 e. The maximum absolute atomic E-state index is 10.4. The number of hydrogen-bond donors (Lipinski definition) is 2. The molecular formula is C4H9NO4S. The predicted molar refractivity (Wildman–Crippen MR) is 35.1 cm³/mol. The standard InChI is InChI=1S/C4H9NO4S/c1-3(4(6)7)5-10(2,8)9/h3,5H,1-2H3,(H,6,7)/t3-/m1/s1. The van der Waals surface area contributed by atoms with Crippen molar-refractivity contribution < 1.29 is 18.3 Å². The summed E-state index contributed by atoms with van der Waals surface area (Å²) in [6, 6.07) is -1.06. The molecule has 0 fully saturated rings. The number of aliphatic carboxylic acids is 1. The van der Waals surface area contributed by atoms with Gasteiger partial charge in [0.15, 0.2) is 0 Å². The molecule has 2 N–H and O–H groups in total. The van der Waals surface area contributed by atoms with Crippen LogP contribution < -0.4 is 4.72 Å². The van der Waals surface area contributed by atoms with Gasteiger partial charge in [-0.1, -0.05) is 0 Å². The topological polar surface area (TPSA) is 83.5 Å². The Morgan fingerprint density at radius 3 is 2.10 bits per heavy atom. The molecule has 0 amide bonds. The number of rotatable bonds is 3. The lowest BCUT2D eigenvalue weighted by atomic mass is 10.4. The second-order valence-electron chi connectivity index (χ2n) is 1.95. The molecule has 0 radical (unpaired) electrons. The molecule has 0 aliphatic rings. The van der Waals surface area contributed by atoms with Crippen molar-refractivity contribution in [2.24, 2.45) is 0 Å². The summed E-state index contributed by atoms with van der Waals surface area (Å²) in [5, 5.41) is 8.22. The van der Waals surface area contributed by atoms with Crippen LogP contribution in [0.2, 0.25) is 0 Å². The predicted octanol–water partition coefficient (Wildman–Crippen LogP) is -0.991. The first-order valence-electron chi connectivity index (χ1n) is 2.53. The van der Waals surface area contributed by atoms with Crippen LogP contribution in [-0.4, -0.2) is 31.8 Å². The Bertz CT molecular complexity index is 219. The molecule has 6 heteroatoms. The van der Waals surface area contributed by atoms with Gasteiger partial charge in [-0.15, -0.1) is 0 Å². The summed E-state index contributed by atoms with van der Waals surface area (Å²) < 4.78 is 22.6. The largest absolute Gasteiger partial charge is 0.480 e. The van der Waals surface area contributed by atoms with Crippen molar-refractivity contribution in [2.45, 2.75) is 13.0 Å². The zero-order valence-electron chi connectivity index (χ0n) is 5.66. The fraction of sp³-hybridized carbons (Fsp3) is 0.750. The van der Waals surface area contributed by atoms with Crippen molar-refractivity contribution in [1.29, 1.82) is 0 Å². The van der Waals surface area contributed by atoms with Gasteiger partial charge < -0.3 is 5.11 Å². The summed E-state index contributed by atoms with van der Waals surface area (Å²) in [7, 11) is -3.40. The molecule has 0 aromatic heterocycles. The average Bonchev–Trinajstić information content (AvgIpc) is 1.60. The summed E-state index contributed by atoms with van der Waals surface area (Å²) in [5.41, 5.74) is 0. The lowest BCUT2D eigenvalue weighted by Gasteiger charge is -2.04. The summed E-state index contributed by atoms with van der Waals surface area (Å²) in [6.45, 7) is 1.25. The Labute approximate surface area is 59.1 Å². The van der Waals surface area contributed by atoms with Crippen LogP contribution in [0.25, 0.3) is 0 Å². The molecule has 0 unspecified atom stereocenters. The van der Waals surface area contributed by atoms with Crippen LogP contribution in [0, 0.1) is 0 Å². The van der Waals surface area contributed by atoms with Crippen molar-refractivity contribution >= 4 is 16.0 Å². The molecule has 0 aliphatic carbocycles. The Kier molecular flexibility index (Phi) is 2.79. The van der Waals surface area contributed by atoms with Gasteiger partial charge in [0.05, 0.1) is 6.26 Å². The van der Waals surface area contributed by atoms with Crippen LogP contribution in [-0.2, 0) is 14.8 Å². The minimum absolute atomic E-state index is 0.909. The molecule has 0 aromatic carbocycles. The third kappa shape index (κ3) is 4.28. The monoisotopic (exact) mass is 167 g/mol. The third-order valence-corrected chi connectivity index (χ3v) is 1.54. The molecular weight excluding hydrogens is 158 g/mol. The molecule has 1 atom stereocenters. The molecule has 0 heterocycles. The van der Waals surface area contributed by atoms with Crippen LogP contribution >= 0.6 is 0 Å². The number of carboxylic acids is 1. The molecule has 0 saturated carbocycles. The first-order chi connectivity index (χ1) is 4.33. The second kappa shape index (κ2) is 2.98. The maximum atomic E-state index is 10.4. The van der Waals surface area contributed by atoms with Crippen molar-refractivity contribution in [3.63, 3.8) is 0 Å². The number of nitrogens with one attached hydrogen (secondary N) is 1. The van der Waals surface area contributed by atoms with E-state index in [2.05, 4.69) is 0 Å². The van der Waals surface area contributed by atoms with Gasteiger partial charge in [0.25, 0.3) is 0 Å². The van der Waals surface area contributed by atoms with E-state index < -0.39 is 22.0 Å². The molecule has 10 heavy (non-hydrogen) atoms. The number of hydrogen-bond acceptors (Lipinski definition) is 3. The Hall–Kier alpha value is -0.620. The molecule has 0 saturated heterocycles. The molecule has 0 rings (SSSR count). The molecule has 0 bridgehead atoms. The molecule has 0 spiro atoms. The van der Waals surface area contributed by atoms with Crippen molar-refractivity contribution in [3.8, 4) is 0 Å². The molecule has 0 aliphatic heterocycles. The van der Waals surface area contributed by atoms with Crippen LogP contribution in [0.1, 0.15) is 6.92 Å². The minimum Gasteiger partial charge on any atom is -0.480 e. The van der Waals surface area contributed by atoms with Gasteiger partial charge in [-0.2, -0.15) is 0 Å². The van der Waals surface area contributed by atoms with Gasteiger partial charge in [0.2, 0.25) is 10.0 Å². The fourth-order valence-corrected chi connectivity index (χ4v) is 1.11. The SMILES string of the molecule is C[C@@H](NS(C)(=O)=O)C(=O)O. The van der Waals surface area contributed by atoms with Gasteiger partial charge in [-0.25, -0.2) is 13.1 Å². The maximum Gasteiger partial charge on any atom is 0.321 e. The van der Waals surface area contributed by atoms with Crippen LogP contribution in [0.3, 0.4) is 0 Å². The van der Waals surface area contributed by atoms with Crippen molar-refractivity contribution in [3.05, 3.63) is 0 Å². The van der Waals surface area contributed by atoms with Gasteiger partial charge in [-0.05, 0) is 6.92 Å². The number of carbonyl (C=O) groups is 1. The van der Waals surface area contributed by atoms with E-state index in [4.69, 9.17) is 5.11 Å². The van der Waals surface area contributed by atoms with Crippen molar-refractivity contribution in [2.75, 3.05) is 6.26 Å². The first-order valence-corrected chi connectivity index (χ1v) is 4.42. The van der Waals surface area contributed by atoms with Crippen LogP contribution in [0.15, 0.2) is 0 Å².